The summed E-state index contributed by atoms with van der Waals surface area (Å²) in [6, 6.07) is 13.4. The van der Waals surface area contributed by atoms with Gasteiger partial charge in [0.1, 0.15) is 12.4 Å². The van der Waals surface area contributed by atoms with Crippen LogP contribution in [0.2, 0.25) is 0 Å². The minimum absolute atomic E-state index is 0.00446. The molecule has 0 bridgehead atoms. The number of nitrogens with one attached hydrogen (secondary N) is 2. The molecule has 0 unspecified atom stereocenters. The molecule has 9 heteroatoms. The average molecular weight is 483 g/mol. The topological polar surface area (TPSA) is 100 Å². The standard InChI is InChI=1S/C26H34N4O5/c1-17-14-30(19(3)31)18(2)16-35-23-12-11-21(28-26(33)27-20-9-7-6-8-10-20)13-22(23)25(32)29(4)15-24(17)34-5/h6-13,17-18,24H,14-16H2,1-5H3,(H2,27,28,33)/t17-,18+,24-/m1/s1. The van der Waals surface area contributed by atoms with E-state index >= 15 is 0 Å². The Bertz CT molecular complexity index is 1050. The van der Waals surface area contributed by atoms with Gasteiger partial charge in [0.25, 0.3) is 5.91 Å². The van der Waals surface area contributed by atoms with Crippen LogP contribution in [0.25, 0.3) is 0 Å². The van der Waals surface area contributed by atoms with Crippen LogP contribution in [0.15, 0.2) is 48.5 Å². The molecule has 35 heavy (non-hydrogen) atoms. The Labute approximate surface area is 206 Å². The van der Waals surface area contributed by atoms with Gasteiger partial charge < -0.3 is 29.9 Å². The fourth-order valence-electron chi connectivity index (χ4n) is 4.11. The second-order valence-corrected chi connectivity index (χ2v) is 8.92. The van der Waals surface area contributed by atoms with Gasteiger partial charge in [-0.3, -0.25) is 9.59 Å². The average Bonchev–Trinajstić information content (AvgIpc) is 2.83. The number of fused-ring (bicyclic) bond motifs is 1. The first-order valence-corrected chi connectivity index (χ1v) is 11.6. The highest BCUT2D eigenvalue weighted by Gasteiger charge is 2.29. The molecule has 4 amide bonds. The molecule has 188 valence electrons. The molecular formula is C26H34N4O5. The largest absolute Gasteiger partial charge is 0.491 e. The molecule has 0 aliphatic carbocycles. The first-order valence-electron chi connectivity index (χ1n) is 11.6. The second-order valence-electron chi connectivity index (χ2n) is 8.92. The van der Waals surface area contributed by atoms with Crippen molar-refractivity contribution in [3.05, 3.63) is 54.1 Å². The summed E-state index contributed by atoms with van der Waals surface area (Å²) >= 11 is 0. The summed E-state index contributed by atoms with van der Waals surface area (Å²) in [5.74, 6) is 0.0792. The number of hydrogen-bond acceptors (Lipinski definition) is 5. The van der Waals surface area contributed by atoms with Crippen LogP contribution in [0.4, 0.5) is 16.2 Å². The molecule has 3 atom stereocenters. The van der Waals surface area contributed by atoms with E-state index in [4.69, 9.17) is 9.47 Å². The summed E-state index contributed by atoms with van der Waals surface area (Å²) in [6.07, 6.45) is -0.264. The zero-order chi connectivity index (χ0) is 25.5. The Morgan fingerprint density at radius 1 is 1.03 bits per heavy atom. The maximum atomic E-state index is 13.4. The Morgan fingerprint density at radius 3 is 2.37 bits per heavy atom. The van der Waals surface area contributed by atoms with Gasteiger partial charge in [-0.25, -0.2) is 4.79 Å². The highest BCUT2D eigenvalue weighted by Crippen LogP contribution is 2.26. The van der Waals surface area contributed by atoms with Crippen molar-refractivity contribution >= 4 is 29.2 Å². The number of rotatable bonds is 3. The number of likely N-dealkylation sites (N-methyl/N-ethyl adjacent to an activating group) is 1. The van der Waals surface area contributed by atoms with Crippen LogP contribution in [0.5, 0.6) is 5.75 Å². The first kappa shape index (κ1) is 26.0. The van der Waals surface area contributed by atoms with Crippen molar-refractivity contribution in [2.24, 2.45) is 5.92 Å². The number of hydrogen-bond donors (Lipinski definition) is 2. The van der Waals surface area contributed by atoms with Crippen LogP contribution in [0.1, 0.15) is 31.1 Å². The fraction of sp³-hybridized carbons (Fsp3) is 0.423. The van der Waals surface area contributed by atoms with Crippen molar-refractivity contribution in [1.82, 2.24) is 9.80 Å². The number of ether oxygens (including phenoxy) is 2. The fourth-order valence-corrected chi connectivity index (χ4v) is 4.11. The third-order valence-electron chi connectivity index (χ3n) is 6.14. The Hall–Kier alpha value is -3.59. The van der Waals surface area contributed by atoms with E-state index in [1.54, 1.807) is 61.2 Å². The molecule has 2 aromatic carbocycles. The molecule has 1 aliphatic rings. The van der Waals surface area contributed by atoms with E-state index in [0.29, 0.717) is 35.8 Å². The van der Waals surface area contributed by atoms with Crippen LogP contribution in [0.3, 0.4) is 0 Å². The number of methoxy groups -OCH3 is 1. The minimum atomic E-state index is -0.426. The zero-order valence-corrected chi connectivity index (χ0v) is 20.9. The number of amides is 4. The van der Waals surface area contributed by atoms with Gasteiger partial charge in [-0.05, 0) is 37.3 Å². The van der Waals surface area contributed by atoms with Crippen molar-refractivity contribution in [2.45, 2.75) is 32.9 Å². The Kier molecular flexibility index (Phi) is 8.70. The quantitative estimate of drug-likeness (QED) is 0.695. The van der Waals surface area contributed by atoms with E-state index in [9.17, 15) is 14.4 Å². The number of carbonyl (C=O) groups is 3. The number of urea groups is 1. The van der Waals surface area contributed by atoms with Gasteiger partial charge >= 0.3 is 6.03 Å². The Balaban J connectivity index is 1.88. The summed E-state index contributed by atoms with van der Waals surface area (Å²) in [4.78, 5) is 41.5. The van der Waals surface area contributed by atoms with E-state index in [0.717, 1.165) is 0 Å². The van der Waals surface area contributed by atoms with Crippen molar-refractivity contribution in [3.63, 3.8) is 0 Å². The predicted octanol–water partition coefficient (Wildman–Crippen LogP) is 3.68. The summed E-state index contributed by atoms with van der Waals surface area (Å²) in [6.45, 7) is 6.51. The number of nitrogens with zero attached hydrogens (tertiary/aromatic N) is 2. The van der Waals surface area contributed by atoms with E-state index in [2.05, 4.69) is 10.6 Å². The second kappa shape index (κ2) is 11.7. The van der Waals surface area contributed by atoms with Crippen molar-refractivity contribution in [2.75, 3.05) is 44.5 Å². The summed E-state index contributed by atoms with van der Waals surface area (Å²) in [5.41, 5.74) is 1.42. The first-order chi connectivity index (χ1) is 16.7. The van der Waals surface area contributed by atoms with Crippen LogP contribution in [-0.4, -0.2) is 73.6 Å². The summed E-state index contributed by atoms with van der Waals surface area (Å²) < 4.78 is 11.7. The smallest absolute Gasteiger partial charge is 0.323 e. The highest BCUT2D eigenvalue weighted by atomic mass is 16.5. The van der Waals surface area contributed by atoms with Gasteiger partial charge in [0.2, 0.25) is 5.91 Å². The van der Waals surface area contributed by atoms with Gasteiger partial charge in [0.15, 0.2) is 0 Å². The molecule has 9 nitrogen and oxygen atoms in total. The molecule has 0 saturated heterocycles. The lowest BCUT2D eigenvalue weighted by molar-refractivity contribution is -0.133. The van der Waals surface area contributed by atoms with Gasteiger partial charge in [0.05, 0.1) is 17.7 Å². The minimum Gasteiger partial charge on any atom is -0.491 e. The van der Waals surface area contributed by atoms with E-state index in [1.165, 1.54) is 0 Å². The van der Waals surface area contributed by atoms with Gasteiger partial charge in [-0.1, -0.05) is 25.1 Å². The molecule has 0 fully saturated rings. The predicted molar refractivity (Wildman–Crippen MR) is 135 cm³/mol. The molecule has 0 saturated carbocycles. The monoisotopic (exact) mass is 482 g/mol. The lowest BCUT2D eigenvalue weighted by atomic mass is 10.0. The maximum absolute atomic E-state index is 13.4. The van der Waals surface area contributed by atoms with Crippen molar-refractivity contribution < 1.29 is 23.9 Å². The molecule has 1 heterocycles. The number of para-hydroxylation sites is 1. The number of carbonyl (C=O) groups excluding carboxylic acids is 3. The molecule has 0 aromatic heterocycles. The highest BCUT2D eigenvalue weighted by molar-refractivity contribution is 6.02. The zero-order valence-electron chi connectivity index (χ0n) is 20.9. The maximum Gasteiger partial charge on any atom is 0.323 e. The van der Waals surface area contributed by atoms with E-state index < -0.39 is 6.03 Å². The molecule has 3 rings (SSSR count). The van der Waals surface area contributed by atoms with Crippen LogP contribution < -0.4 is 15.4 Å². The van der Waals surface area contributed by atoms with Crippen LogP contribution >= 0.6 is 0 Å². The van der Waals surface area contributed by atoms with Gasteiger partial charge in [0, 0.05) is 51.5 Å². The number of benzene rings is 2. The SMILES string of the molecule is CO[C@@H]1CN(C)C(=O)c2cc(NC(=O)Nc3ccccc3)ccc2OC[C@H](C)N(C(C)=O)C[C@H]1C. The van der Waals surface area contributed by atoms with Crippen molar-refractivity contribution in [1.29, 1.82) is 0 Å². The normalized spacial score (nSPS) is 21.2. The molecule has 2 N–H and O–H groups in total. The third-order valence-corrected chi connectivity index (χ3v) is 6.14. The van der Waals surface area contributed by atoms with Crippen LogP contribution in [-0.2, 0) is 9.53 Å². The third kappa shape index (κ3) is 6.73. The van der Waals surface area contributed by atoms with Crippen LogP contribution in [0, 0.1) is 5.92 Å². The molecule has 2 aromatic rings. The molecule has 0 radical (unpaired) electrons. The van der Waals surface area contributed by atoms with E-state index in [1.807, 2.05) is 32.0 Å². The van der Waals surface area contributed by atoms with Gasteiger partial charge in [-0.15, -0.1) is 0 Å². The Morgan fingerprint density at radius 2 is 1.71 bits per heavy atom. The molecule has 0 spiro atoms. The summed E-state index contributed by atoms with van der Waals surface area (Å²) in [7, 11) is 3.31. The van der Waals surface area contributed by atoms with Crippen molar-refractivity contribution in [3.8, 4) is 5.75 Å². The number of anilines is 2. The summed E-state index contributed by atoms with van der Waals surface area (Å²) in [5, 5.41) is 5.52. The lowest BCUT2D eigenvalue weighted by Crippen LogP contribution is -2.48. The lowest BCUT2D eigenvalue weighted by Gasteiger charge is -2.35. The van der Waals surface area contributed by atoms with Gasteiger partial charge in [-0.2, -0.15) is 0 Å². The van der Waals surface area contributed by atoms with E-state index in [-0.39, 0.29) is 36.5 Å². The molecular weight excluding hydrogens is 448 g/mol. The molecule has 1 aliphatic heterocycles.